The number of hydrogen-bond acceptors (Lipinski definition) is 3. The van der Waals surface area contributed by atoms with Crippen molar-refractivity contribution in [1.29, 1.82) is 0 Å². The van der Waals surface area contributed by atoms with Crippen molar-refractivity contribution >= 4 is 5.78 Å². The Morgan fingerprint density at radius 3 is 2.50 bits per heavy atom. The predicted octanol–water partition coefficient (Wildman–Crippen LogP) is 1.50. The summed E-state index contributed by atoms with van der Waals surface area (Å²) in [6.45, 7) is 0.879. The second kappa shape index (κ2) is 5.47. The maximum absolute atomic E-state index is 11.5. The van der Waals surface area contributed by atoms with Crippen LogP contribution in [0.2, 0.25) is 0 Å². The van der Waals surface area contributed by atoms with Crippen LogP contribution in [-0.4, -0.2) is 26.0 Å². The molecular weight excluding hydrogens is 178 g/mol. The quantitative estimate of drug-likeness (QED) is 0.730. The van der Waals surface area contributed by atoms with Crippen LogP contribution >= 0.6 is 0 Å². The van der Waals surface area contributed by atoms with E-state index in [1.54, 1.807) is 7.11 Å². The Hall–Kier alpha value is -0.410. The summed E-state index contributed by atoms with van der Waals surface area (Å²) >= 11 is 0. The summed E-state index contributed by atoms with van der Waals surface area (Å²) in [5.41, 5.74) is 5.88. The molecule has 3 nitrogen and oxygen atoms in total. The molecule has 1 rings (SSSR count). The van der Waals surface area contributed by atoms with Crippen molar-refractivity contribution < 1.29 is 9.53 Å². The molecule has 14 heavy (non-hydrogen) atoms. The molecule has 0 aromatic carbocycles. The molecule has 0 spiro atoms. The molecule has 0 atom stereocenters. The van der Waals surface area contributed by atoms with Gasteiger partial charge in [-0.1, -0.05) is 19.3 Å². The number of hydrogen-bond donors (Lipinski definition) is 1. The highest BCUT2D eigenvalue weighted by molar-refractivity contribution is 5.80. The summed E-state index contributed by atoms with van der Waals surface area (Å²) in [5, 5.41) is 0. The smallest absolute Gasteiger partial charge is 0.159 e. The summed E-state index contributed by atoms with van der Waals surface area (Å²) in [5.74, 6) is 0.194. The van der Waals surface area contributed by atoms with Gasteiger partial charge in [-0.05, 0) is 24.8 Å². The average molecular weight is 199 g/mol. The monoisotopic (exact) mass is 199 g/mol. The minimum atomic E-state index is 0.0911. The first-order chi connectivity index (χ1) is 6.72. The van der Waals surface area contributed by atoms with Crippen LogP contribution in [0.4, 0.5) is 0 Å². The Morgan fingerprint density at radius 1 is 1.36 bits per heavy atom. The zero-order valence-electron chi connectivity index (χ0n) is 9.05. The van der Waals surface area contributed by atoms with Gasteiger partial charge < -0.3 is 10.5 Å². The molecule has 1 aliphatic rings. The van der Waals surface area contributed by atoms with Gasteiger partial charge in [0.05, 0.1) is 0 Å². The van der Waals surface area contributed by atoms with Crippen LogP contribution < -0.4 is 5.73 Å². The van der Waals surface area contributed by atoms with E-state index in [4.69, 9.17) is 10.5 Å². The zero-order valence-corrected chi connectivity index (χ0v) is 9.05. The fourth-order valence-corrected chi connectivity index (χ4v) is 2.39. The van der Waals surface area contributed by atoms with E-state index in [2.05, 4.69) is 0 Å². The standard InChI is InChI=1S/C11H21NO2/c1-14-8-10(13)7-11(9-12)5-3-2-4-6-11/h2-9,12H2,1H3. The van der Waals surface area contributed by atoms with Gasteiger partial charge in [-0.2, -0.15) is 0 Å². The second-order valence-corrected chi connectivity index (χ2v) is 4.41. The zero-order chi connectivity index (χ0) is 10.4. The summed E-state index contributed by atoms with van der Waals surface area (Å²) in [6.07, 6.45) is 6.56. The molecule has 0 unspecified atom stereocenters. The molecule has 1 fully saturated rings. The summed E-state index contributed by atoms with van der Waals surface area (Å²) in [6, 6.07) is 0. The molecular formula is C11H21NO2. The van der Waals surface area contributed by atoms with Crippen LogP contribution in [0, 0.1) is 5.41 Å². The van der Waals surface area contributed by atoms with Crippen molar-refractivity contribution in [2.45, 2.75) is 38.5 Å². The molecule has 82 valence electrons. The number of ether oxygens (including phenoxy) is 1. The van der Waals surface area contributed by atoms with Crippen LogP contribution in [0.25, 0.3) is 0 Å². The van der Waals surface area contributed by atoms with E-state index in [1.807, 2.05) is 0 Å². The van der Waals surface area contributed by atoms with Gasteiger partial charge in [0, 0.05) is 13.5 Å². The van der Waals surface area contributed by atoms with Gasteiger partial charge >= 0.3 is 0 Å². The fraction of sp³-hybridized carbons (Fsp3) is 0.909. The Labute approximate surface area is 86.0 Å². The Morgan fingerprint density at radius 2 is 2.00 bits per heavy atom. The molecule has 1 aliphatic carbocycles. The molecule has 2 N–H and O–H groups in total. The van der Waals surface area contributed by atoms with Crippen LogP contribution in [0.5, 0.6) is 0 Å². The summed E-state index contributed by atoms with van der Waals surface area (Å²) < 4.78 is 4.84. The number of carbonyl (C=O) groups excluding carboxylic acids is 1. The van der Waals surface area contributed by atoms with Crippen LogP contribution in [-0.2, 0) is 9.53 Å². The lowest BCUT2D eigenvalue weighted by Crippen LogP contribution is -2.35. The number of rotatable bonds is 5. The van der Waals surface area contributed by atoms with E-state index in [-0.39, 0.29) is 17.8 Å². The van der Waals surface area contributed by atoms with E-state index in [0.29, 0.717) is 13.0 Å². The summed E-state index contributed by atoms with van der Waals surface area (Å²) in [4.78, 5) is 11.5. The molecule has 0 aromatic heterocycles. The van der Waals surface area contributed by atoms with Crippen molar-refractivity contribution in [3.63, 3.8) is 0 Å². The normalized spacial score (nSPS) is 20.7. The first-order valence-corrected chi connectivity index (χ1v) is 5.43. The van der Waals surface area contributed by atoms with Crippen LogP contribution in [0.3, 0.4) is 0 Å². The molecule has 0 radical (unpaired) electrons. The van der Waals surface area contributed by atoms with Gasteiger partial charge in [0.15, 0.2) is 5.78 Å². The van der Waals surface area contributed by atoms with E-state index in [0.717, 1.165) is 12.8 Å². The first-order valence-electron chi connectivity index (χ1n) is 5.43. The summed E-state index contributed by atoms with van der Waals surface area (Å²) in [7, 11) is 1.56. The Kier molecular flexibility index (Phi) is 4.55. The highest BCUT2D eigenvalue weighted by Gasteiger charge is 2.32. The number of methoxy groups -OCH3 is 1. The lowest BCUT2D eigenvalue weighted by atomic mass is 9.71. The number of Topliss-reactive ketones (excluding diaryl/α,β-unsaturated/α-hetero) is 1. The molecule has 0 aromatic rings. The van der Waals surface area contributed by atoms with Crippen LogP contribution in [0.1, 0.15) is 38.5 Å². The van der Waals surface area contributed by atoms with E-state index < -0.39 is 0 Å². The largest absolute Gasteiger partial charge is 0.377 e. The van der Waals surface area contributed by atoms with Gasteiger partial charge in [-0.3, -0.25) is 4.79 Å². The highest BCUT2D eigenvalue weighted by Crippen LogP contribution is 2.38. The molecule has 0 bridgehead atoms. The fourth-order valence-electron chi connectivity index (χ4n) is 2.39. The van der Waals surface area contributed by atoms with Gasteiger partial charge in [-0.15, -0.1) is 0 Å². The molecule has 1 saturated carbocycles. The van der Waals surface area contributed by atoms with Gasteiger partial charge in [0.2, 0.25) is 0 Å². The molecule has 0 amide bonds. The van der Waals surface area contributed by atoms with Crippen LogP contribution in [0.15, 0.2) is 0 Å². The maximum atomic E-state index is 11.5. The Balaban J connectivity index is 2.47. The SMILES string of the molecule is COCC(=O)CC1(CN)CCCCC1. The molecule has 3 heteroatoms. The van der Waals surface area contributed by atoms with E-state index in [9.17, 15) is 4.79 Å². The van der Waals surface area contributed by atoms with Gasteiger partial charge in [0.25, 0.3) is 0 Å². The topological polar surface area (TPSA) is 52.3 Å². The van der Waals surface area contributed by atoms with Crippen molar-refractivity contribution in [3.8, 4) is 0 Å². The van der Waals surface area contributed by atoms with Gasteiger partial charge in [-0.25, -0.2) is 0 Å². The maximum Gasteiger partial charge on any atom is 0.159 e. The van der Waals surface area contributed by atoms with Crippen molar-refractivity contribution in [2.24, 2.45) is 11.1 Å². The third kappa shape index (κ3) is 3.07. The minimum absolute atomic E-state index is 0.0911. The Bertz CT molecular complexity index is 186. The van der Waals surface area contributed by atoms with E-state index >= 15 is 0 Å². The van der Waals surface area contributed by atoms with Gasteiger partial charge in [0.1, 0.15) is 6.61 Å². The molecule has 0 saturated heterocycles. The van der Waals surface area contributed by atoms with Crippen molar-refractivity contribution in [2.75, 3.05) is 20.3 Å². The van der Waals surface area contributed by atoms with Crippen molar-refractivity contribution in [3.05, 3.63) is 0 Å². The second-order valence-electron chi connectivity index (χ2n) is 4.41. The first kappa shape index (κ1) is 11.7. The lowest BCUT2D eigenvalue weighted by Gasteiger charge is -2.35. The third-order valence-corrected chi connectivity index (χ3v) is 3.22. The lowest BCUT2D eigenvalue weighted by molar-refractivity contribution is -0.125. The predicted molar refractivity (Wildman–Crippen MR) is 56.1 cm³/mol. The average Bonchev–Trinajstić information content (AvgIpc) is 2.19. The number of carbonyl (C=O) groups is 1. The highest BCUT2D eigenvalue weighted by atomic mass is 16.5. The molecule has 0 heterocycles. The van der Waals surface area contributed by atoms with E-state index in [1.165, 1.54) is 19.3 Å². The van der Waals surface area contributed by atoms with Crippen molar-refractivity contribution in [1.82, 2.24) is 0 Å². The molecule has 0 aliphatic heterocycles. The third-order valence-electron chi connectivity index (χ3n) is 3.22. The number of nitrogens with two attached hydrogens (primary N) is 1. The number of ketones is 1. The minimum Gasteiger partial charge on any atom is -0.377 e.